The third-order valence-corrected chi connectivity index (χ3v) is 7.58. The Labute approximate surface area is 221 Å². The fraction of sp³-hybridized carbons (Fsp3) is 0.667. The lowest BCUT2D eigenvalue weighted by molar-refractivity contribution is -0.342. The van der Waals surface area contributed by atoms with Crippen LogP contribution in [0.2, 0.25) is 0 Å². The highest BCUT2D eigenvalue weighted by atomic mass is 16.8. The predicted molar refractivity (Wildman–Crippen MR) is 132 cm³/mol. The van der Waals surface area contributed by atoms with Gasteiger partial charge in [0.15, 0.2) is 12.1 Å². The van der Waals surface area contributed by atoms with Crippen LogP contribution in [0, 0.1) is 17.8 Å². The lowest BCUT2D eigenvalue weighted by atomic mass is 9.83. The molecule has 1 saturated heterocycles. The van der Waals surface area contributed by atoms with Crippen molar-refractivity contribution in [2.24, 2.45) is 17.8 Å². The Morgan fingerprint density at radius 1 is 1.13 bits per heavy atom. The van der Waals surface area contributed by atoms with Gasteiger partial charge in [0.2, 0.25) is 6.29 Å². The predicted octanol–water partition coefficient (Wildman–Crippen LogP) is 0.340. The summed E-state index contributed by atoms with van der Waals surface area (Å²) in [5.41, 5.74) is 1.83. The lowest BCUT2D eigenvalue weighted by Gasteiger charge is -2.43. The van der Waals surface area contributed by atoms with Crippen molar-refractivity contribution in [3.05, 3.63) is 35.1 Å². The van der Waals surface area contributed by atoms with Gasteiger partial charge in [0.25, 0.3) is 0 Å². The van der Waals surface area contributed by atoms with Gasteiger partial charge in [-0.15, -0.1) is 0 Å². The summed E-state index contributed by atoms with van der Waals surface area (Å²) in [6.45, 7) is 4.73. The molecule has 2 fully saturated rings. The largest absolute Gasteiger partial charge is 0.472 e. The minimum Gasteiger partial charge on any atom is -0.472 e. The molecule has 4 N–H and O–H groups in total. The molecule has 0 aromatic heterocycles. The lowest BCUT2D eigenvalue weighted by Crippen LogP contribution is -2.60. The number of aliphatic hydroxyl groups excluding tert-OH is 4. The van der Waals surface area contributed by atoms with E-state index in [0.29, 0.717) is 36.7 Å². The fourth-order valence-electron chi connectivity index (χ4n) is 5.30. The number of carbonyl (C=O) groups is 3. The van der Waals surface area contributed by atoms with E-state index in [9.17, 15) is 34.8 Å². The first-order valence-corrected chi connectivity index (χ1v) is 12.8. The minimum atomic E-state index is -1.60. The van der Waals surface area contributed by atoms with Crippen LogP contribution in [0.5, 0.6) is 0 Å². The van der Waals surface area contributed by atoms with Crippen LogP contribution in [0.1, 0.15) is 40.0 Å². The summed E-state index contributed by atoms with van der Waals surface area (Å²) in [7, 11) is 0. The van der Waals surface area contributed by atoms with Crippen molar-refractivity contribution in [2.75, 3.05) is 13.2 Å². The summed E-state index contributed by atoms with van der Waals surface area (Å²) >= 11 is 0. The van der Waals surface area contributed by atoms with Crippen molar-refractivity contribution >= 4 is 18.4 Å². The molecule has 2 heterocycles. The Kier molecular flexibility index (Phi) is 10.9. The summed E-state index contributed by atoms with van der Waals surface area (Å²) in [4.78, 5) is 35.0. The van der Waals surface area contributed by atoms with Gasteiger partial charge in [0.1, 0.15) is 43.6 Å². The molecule has 11 heteroatoms. The molecule has 0 radical (unpaired) electrons. The van der Waals surface area contributed by atoms with E-state index in [-0.39, 0.29) is 18.3 Å². The molecule has 0 bridgehead atoms. The van der Waals surface area contributed by atoms with Crippen LogP contribution < -0.4 is 0 Å². The molecule has 0 spiro atoms. The van der Waals surface area contributed by atoms with Crippen LogP contribution in [-0.2, 0) is 33.3 Å². The van der Waals surface area contributed by atoms with E-state index < -0.39 is 61.5 Å². The highest BCUT2D eigenvalue weighted by Gasteiger charge is 2.53. The average molecular weight is 539 g/mol. The van der Waals surface area contributed by atoms with E-state index in [2.05, 4.69) is 0 Å². The van der Waals surface area contributed by atoms with Gasteiger partial charge in [0.05, 0.1) is 19.0 Å². The monoisotopic (exact) mass is 538 g/mol. The molecule has 2 aliphatic heterocycles. The van der Waals surface area contributed by atoms with Gasteiger partial charge in [-0.25, -0.2) is 0 Å². The van der Waals surface area contributed by atoms with Crippen molar-refractivity contribution in [1.82, 2.24) is 0 Å². The second-order valence-corrected chi connectivity index (χ2v) is 10.2. The summed E-state index contributed by atoms with van der Waals surface area (Å²) in [6, 6.07) is 0. The SMILES string of the molecule is C/C(=C\C=O)CC/C=C(\C)C(=O)CO[C@@H]1C[C@@H](C)[C@H]2[C@H](O[C@@H]3O[C@H](CO)[C@@H](O)[C@H](O)[C@H]3O)OC=C(C=O)[C@H]21. The maximum atomic E-state index is 12.7. The Hall–Kier alpha value is -2.25. The van der Waals surface area contributed by atoms with Crippen LogP contribution >= 0.6 is 0 Å². The zero-order valence-corrected chi connectivity index (χ0v) is 21.8. The highest BCUT2D eigenvalue weighted by Crippen LogP contribution is 2.48. The molecule has 38 heavy (non-hydrogen) atoms. The number of rotatable bonds is 12. The molecular weight excluding hydrogens is 500 g/mol. The molecule has 0 aromatic rings. The first-order valence-electron chi connectivity index (χ1n) is 12.8. The van der Waals surface area contributed by atoms with Gasteiger partial charge < -0.3 is 39.4 Å². The van der Waals surface area contributed by atoms with Crippen molar-refractivity contribution in [2.45, 2.75) is 83.1 Å². The van der Waals surface area contributed by atoms with E-state index in [1.165, 1.54) is 12.3 Å². The van der Waals surface area contributed by atoms with Crippen molar-refractivity contribution in [1.29, 1.82) is 0 Å². The second kappa shape index (κ2) is 13.7. The molecule has 0 unspecified atom stereocenters. The number of fused-ring (bicyclic) bond motifs is 1. The topological polar surface area (TPSA) is 169 Å². The van der Waals surface area contributed by atoms with Crippen LogP contribution in [0.4, 0.5) is 0 Å². The van der Waals surface area contributed by atoms with Gasteiger partial charge >= 0.3 is 0 Å². The zero-order chi connectivity index (χ0) is 28.0. The minimum absolute atomic E-state index is 0.0668. The maximum Gasteiger partial charge on any atom is 0.205 e. The number of hydrogen-bond donors (Lipinski definition) is 4. The molecule has 0 amide bonds. The smallest absolute Gasteiger partial charge is 0.205 e. The Bertz CT molecular complexity index is 939. The van der Waals surface area contributed by atoms with Crippen molar-refractivity contribution in [3.8, 4) is 0 Å². The quantitative estimate of drug-likeness (QED) is 0.200. The summed E-state index contributed by atoms with van der Waals surface area (Å²) in [6.07, 6.45) is -0.919. The number of hydrogen-bond acceptors (Lipinski definition) is 11. The highest BCUT2D eigenvalue weighted by molar-refractivity contribution is 5.95. The van der Waals surface area contributed by atoms with Crippen LogP contribution in [0.3, 0.4) is 0 Å². The molecule has 1 aliphatic carbocycles. The first-order chi connectivity index (χ1) is 18.1. The third-order valence-electron chi connectivity index (χ3n) is 7.58. The zero-order valence-electron chi connectivity index (χ0n) is 21.8. The second-order valence-electron chi connectivity index (χ2n) is 10.2. The first kappa shape index (κ1) is 30.3. The van der Waals surface area contributed by atoms with Gasteiger partial charge in [-0.05, 0) is 50.7 Å². The summed E-state index contributed by atoms with van der Waals surface area (Å²) in [5.74, 6) is -1.09. The number of aliphatic hydroxyl groups is 4. The van der Waals surface area contributed by atoms with Gasteiger partial charge in [0, 0.05) is 17.4 Å². The molecule has 1 saturated carbocycles. The molecule has 0 aromatic carbocycles. The summed E-state index contributed by atoms with van der Waals surface area (Å²) in [5, 5.41) is 39.9. The van der Waals surface area contributed by atoms with E-state index in [1.807, 2.05) is 19.9 Å². The number of ketones is 1. The fourth-order valence-corrected chi connectivity index (χ4v) is 5.30. The molecule has 11 nitrogen and oxygen atoms in total. The van der Waals surface area contributed by atoms with E-state index in [4.69, 9.17) is 18.9 Å². The van der Waals surface area contributed by atoms with Gasteiger partial charge in [-0.2, -0.15) is 0 Å². The van der Waals surface area contributed by atoms with Gasteiger partial charge in [-0.3, -0.25) is 14.4 Å². The Morgan fingerprint density at radius 3 is 2.53 bits per heavy atom. The van der Waals surface area contributed by atoms with Crippen LogP contribution in [0.15, 0.2) is 35.1 Å². The van der Waals surface area contributed by atoms with Crippen LogP contribution in [0.25, 0.3) is 0 Å². The normalized spacial score (nSPS) is 37.7. The number of carbonyl (C=O) groups excluding carboxylic acids is 3. The maximum absolute atomic E-state index is 12.7. The summed E-state index contributed by atoms with van der Waals surface area (Å²) < 4.78 is 23.0. The number of Topliss-reactive ketones (excluding diaryl/α,β-unsaturated/α-hetero) is 1. The van der Waals surface area contributed by atoms with E-state index in [0.717, 1.165) is 11.9 Å². The number of aldehydes is 2. The third kappa shape index (κ3) is 6.84. The van der Waals surface area contributed by atoms with E-state index >= 15 is 0 Å². The standard InChI is InChI=1S/C27H38O11/c1-14(7-8-28)5-4-6-15(2)18(31)13-35-19-9-16(3)21-22(19)17(10-29)12-36-26(21)38-27-25(34)24(33)23(32)20(11-30)37-27/h6-8,10,12,16,19-27,30,32-34H,4-5,9,11,13H2,1-3H3/b14-7+,15-6+/t16-,19-,20-,21-,22+,23-,24+,25-,26+,27+/m1/s1. The molecule has 3 aliphatic rings. The van der Waals surface area contributed by atoms with Crippen molar-refractivity contribution in [3.63, 3.8) is 0 Å². The number of ether oxygens (including phenoxy) is 4. The molecule has 212 valence electrons. The van der Waals surface area contributed by atoms with Crippen LogP contribution in [-0.4, -0.2) is 95.1 Å². The molecule has 10 atom stereocenters. The average Bonchev–Trinajstić information content (AvgIpc) is 3.24. The molecular formula is C27H38O11. The Balaban J connectivity index is 1.66. The van der Waals surface area contributed by atoms with Gasteiger partial charge in [-0.1, -0.05) is 18.6 Å². The molecule has 3 rings (SSSR count). The van der Waals surface area contributed by atoms with E-state index in [1.54, 1.807) is 6.92 Å². The Morgan fingerprint density at radius 2 is 1.87 bits per heavy atom. The van der Waals surface area contributed by atoms with Crippen molar-refractivity contribution < 1.29 is 53.8 Å². The number of allylic oxidation sites excluding steroid dienone is 3.